The fourth-order valence-electron chi connectivity index (χ4n) is 3.56. The fraction of sp³-hybridized carbons (Fsp3) is 0.412. The van der Waals surface area contributed by atoms with E-state index in [4.69, 9.17) is 21.4 Å². The number of ketones is 2. The predicted molar refractivity (Wildman–Crippen MR) is 86.7 cm³/mol. The molecule has 132 valence electrons. The van der Waals surface area contributed by atoms with Crippen molar-refractivity contribution in [3.8, 4) is 0 Å². The summed E-state index contributed by atoms with van der Waals surface area (Å²) in [6, 6.07) is 4.73. The molecule has 3 rings (SSSR count). The van der Waals surface area contributed by atoms with Crippen molar-refractivity contribution in [3.63, 3.8) is 0 Å². The van der Waals surface area contributed by atoms with Gasteiger partial charge in [-0.25, -0.2) is 0 Å². The molecule has 2 aliphatic rings. The maximum Gasteiger partial charge on any atom is 0.322 e. The number of amides is 1. The van der Waals surface area contributed by atoms with Crippen LogP contribution >= 0.6 is 11.6 Å². The smallest absolute Gasteiger partial charge is 0.322 e. The van der Waals surface area contributed by atoms with Gasteiger partial charge in [-0.05, 0) is 30.5 Å². The van der Waals surface area contributed by atoms with Crippen LogP contribution in [0.15, 0.2) is 18.2 Å². The summed E-state index contributed by atoms with van der Waals surface area (Å²) >= 11 is 6.00. The van der Waals surface area contributed by atoms with Crippen LogP contribution < -0.4 is 5.32 Å². The molecule has 1 fully saturated rings. The Morgan fingerprint density at radius 3 is 2.60 bits per heavy atom. The summed E-state index contributed by atoms with van der Waals surface area (Å²) in [5.41, 5.74) is -0.181. The van der Waals surface area contributed by atoms with Gasteiger partial charge in [0.15, 0.2) is 17.5 Å². The lowest BCUT2D eigenvalue weighted by atomic mass is 9.61. The lowest BCUT2D eigenvalue weighted by molar-refractivity contribution is -0.142. The molecule has 8 heteroatoms. The average molecular weight is 366 g/mol. The first-order chi connectivity index (χ1) is 11.9. The van der Waals surface area contributed by atoms with Crippen LogP contribution in [0.2, 0.25) is 5.02 Å². The Hall–Kier alpha value is -2.25. The van der Waals surface area contributed by atoms with E-state index in [0.29, 0.717) is 36.6 Å². The van der Waals surface area contributed by atoms with E-state index < -0.39 is 41.3 Å². The van der Waals surface area contributed by atoms with E-state index in [0.717, 1.165) is 0 Å². The standard InChI is InChI=1S/C17H16ClNO6/c18-9-1-2-11-10(7-9)14(22)13(16(24)19-8-12(20)21)15(23)17(11)3-5-25-6-4-17/h1-2,7,13H,3-6,8H2,(H,19,24)(H,20,21). The molecule has 1 saturated heterocycles. The Labute approximate surface area is 148 Å². The predicted octanol–water partition coefficient (Wildman–Crippen LogP) is 0.971. The van der Waals surface area contributed by atoms with E-state index in [1.54, 1.807) is 12.1 Å². The van der Waals surface area contributed by atoms with Gasteiger partial charge in [0.25, 0.3) is 0 Å². The number of halogens is 1. The minimum atomic E-state index is -1.57. The number of aliphatic carboxylic acids is 1. The highest BCUT2D eigenvalue weighted by atomic mass is 35.5. The number of carboxylic acid groups (broad SMARTS) is 1. The van der Waals surface area contributed by atoms with Crippen molar-refractivity contribution >= 4 is 35.0 Å². The van der Waals surface area contributed by atoms with Crippen LogP contribution in [0, 0.1) is 5.92 Å². The molecule has 0 radical (unpaired) electrons. The summed E-state index contributed by atoms with van der Waals surface area (Å²) in [5.74, 6) is -4.87. The first kappa shape index (κ1) is 17.6. The van der Waals surface area contributed by atoms with Gasteiger partial charge in [0, 0.05) is 23.8 Å². The van der Waals surface area contributed by atoms with Crippen LogP contribution in [0.25, 0.3) is 0 Å². The average Bonchev–Trinajstić information content (AvgIpc) is 2.59. The van der Waals surface area contributed by atoms with Crippen LogP contribution in [0.1, 0.15) is 28.8 Å². The highest BCUT2D eigenvalue weighted by Crippen LogP contribution is 2.44. The van der Waals surface area contributed by atoms with Crippen molar-refractivity contribution in [2.75, 3.05) is 19.8 Å². The molecule has 7 nitrogen and oxygen atoms in total. The summed E-state index contributed by atoms with van der Waals surface area (Å²) in [5, 5.41) is 11.2. The number of carbonyl (C=O) groups is 4. The minimum absolute atomic E-state index is 0.240. The van der Waals surface area contributed by atoms with Gasteiger partial charge in [0.1, 0.15) is 6.54 Å². The third kappa shape index (κ3) is 2.94. The molecule has 0 aromatic heterocycles. The Kier molecular flexibility index (Phi) is 4.62. The van der Waals surface area contributed by atoms with Gasteiger partial charge >= 0.3 is 5.97 Å². The van der Waals surface area contributed by atoms with Crippen molar-refractivity contribution in [1.29, 1.82) is 0 Å². The SMILES string of the molecule is O=C(O)CNC(=O)C1C(=O)c2cc(Cl)ccc2C2(CCOCC2)C1=O. The number of carboxylic acids is 1. The molecule has 0 saturated carbocycles. The number of fused-ring (bicyclic) bond motifs is 2. The van der Waals surface area contributed by atoms with Crippen LogP contribution in [0.5, 0.6) is 0 Å². The fourth-order valence-corrected chi connectivity index (χ4v) is 3.73. The summed E-state index contributed by atoms with van der Waals surface area (Å²) in [6.45, 7) is 0.0192. The number of Topliss-reactive ketones (excluding diaryl/α,β-unsaturated/α-hetero) is 2. The van der Waals surface area contributed by atoms with Gasteiger partial charge in [0.2, 0.25) is 5.91 Å². The quantitative estimate of drug-likeness (QED) is 0.772. The number of hydrogen-bond acceptors (Lipinski definition) is 5. The second kappa shape index (κ2) is 6.57. The molecule has 0 bridgehead atoms. The van der Waals surface area contributed by atoms with E-state index in [2.05, 4.69) is 5.32 Å². The number of hydrogen-bond donors (Lipinski definition) is 2. The zero-order valence-corrected chi connectivity index (χ0v) is 14.0. The highest BCUT2D eigenvalue weighted by Gasteiger charge is 2.54. The molecular formula is C17H16ClNO6. The summed E-state index contributed by atoms with van der Waals surface area (Å²) in [6.07, 6.45) is 0.715. The summed E-state index contributed by atoms with van der Waals surface area (Å²) in [4.78, 5) is 48.9. The molecule has 1 aliphatic heterocycles. The van der Waals surface area contributed by atoms with Crippen molar-refractivity contribution < 1.29 is 29.0 Å². The molecule has 2 N–H and O–H groups in total. The van der Waals surface area contributed by atoms with E-state index in [1.165, 1.54) is 6.07 Å². The number of rotatable bonds is 3. The first-order valence-electron chi connectivity index (χ1n) is 7.82. The van der Waals surface area contributed by atoms with E-state index in [9.17, 15) is 19.2 Å². The van der Waals surface area contributed by atoms with Gasteiger partial charge in [-0.1, -0.05) is 17.7 Å². The monoisotopic (exact) mass is 365 g/mol. The molecule has 1 spiro atoms. The van der Waals surface area contributed by atoms with Crippen LogP contribution in [0.3, 0.4) is 0 Å². The van der Waals surface area contributed by atoms with Gasteiger partial charge in [-0.2, -0.15) is 0 Å². The van der Waals surface area contributed by atoms with E-state index in [1.807, 2.05) is 0 Å². The second-order valence-corrected chi connectivity index (χ2v) is 6.59. The number of benzene rings is 1. The summed E-state index contributed by atoms with van der Waals surface area (Å²) in [7, 11) is 0. The molecule has 1 atom stereocenters. The first-order valence-corrected chi connectivity index (χ1v) is 8.20. The largest absolute Gasteiger partial charge is 0.480 e. The molecule has 1 aromatic carbocycles. The maximum atomic E-state index is 13.1. The van der Waals surface area contributed by atoms with Gasteiger partial charge in [0.05, 0.1) is 5.41 Å². The van der Waals surface area contributed by atoms with Gasteiger partial charge in [-0.3, -0.25) is 19.2 Å². The third-order valence-corrected chi connectivity index (χ3v) is 5.02. The zero-order valence-electron chi connectivity index (χ0n) is 13.2. The Morgan fingerprint density at radius 2 is 1.96 bits per heavy atom. The number of ether oxygens (including phenoxy) is 1. The van der Waals surface area contributed by atoms with Crippen molar-refractivity contribution in [2.24, 2.45) is 5.92 Å². The molecular weight excluding hydrogens is 350 g/mol. The van der Waals surface area contributed by atoms with Crippen LogP contribution in [-0.2, 0) is 24.5 Å². The van der Waals surface area contributed by atoms with Crippen LogP contribution in [-0.4, -0.2) is 48.3 Å². The Morgan fingerprint density at radius 1 is 1.28 bits per heavy atom. The number of carbonyl (C=O) groups excluding carboxylic acids is 3. The Bertz CT molecular complexity index is 768. The van der Waals surface area contributed by atoms with E-state index >= 15 is 0 Å². The van der Waals surface area contributed by atoms with Gasteiger partial charge in [-0.15, -0.1) is 0 Å². The van der Waals surface area contributed by atoms with E-state index in [-0.39, 0.29) is 5.56 Å². The molecule has 1 heterocycles. The topological polar surface area (TPSA) is 110 Å². The molecule has 1 unspecified atom stereocenters. The van der Waals surface area contributed by atoms with Crippen molar-refractivity contribution in [3.05, 3.63) is 34.3 Å². The lowest BCUT2D eigenvalue weighted by Crippen LogP contribution is -2.55. The normalized spacial score (nSPS) is 21.7. The van der Waals surface area contributed by atoms with Crippen molar-refractivity contribution in [1.82, 2.24) is 5.32 Å². The van der Waals surface area contributed by atoms with Crippen LogP contribution in [0.4, 0.5) is 0 Å². The molecule has 1 aliphatic carbocycles. The lowest BCUT2D eigenvalue weighted by Gasteiger charge is -2.42. The highest BCUT2D eigenvalue weighted by molar-refractivity contribution is 6.33. The minimum Gasteiger partial charge on any atom is -0.480 e. The Balaban J connectivity index is 2.07. The van der Waals surface area contributed by atoms with Gasteiger partial charge < -0.3 is 15.2 Å². The molecule has 1 amide bonds. The maximum absolute atomic E-state index is 13.1. The number of nitrogens with one attached hydrogen (secondary N) is 1. The molecule has 25 heavy (non-hydrogen) atoms. The third-order valence-electron chi connectivity index (χ3n) is 4.78. The zero-order chi connectivity index (χ0) is 18.2. The van der Waals surface area contributed by atoms with Crippen molar-refractivity contribution in [2.45, 2.75) is 18.3 Å². The summed E-state index contributed by atoms with van der Waals surface area (Å²) < 4.78 is 5.34. The second-order valence-electron chi connectivity index (χ2n) is 6.16. The molecule has 1 aromatic rings.